The number of methoxy groups -OCH3 is 3. The highest BCUT2D eigenvalue weighted by Crippen LogP contribution is 2.46. The summed E-state index contributed by atoms with van der Waals surface area (Å²) in [5.41, 5.74) is 7.60. The summed E-state index contributed by atoms with van der Waals surface area (Å²) in [6, 6.07) is 39.6. The van der Waals surface area contributed by atoms with Gasteiger partial charge in [-0.05, 0) is 159 Å². The molecule has 0 aromatic heterocycles. The van der Waals surface area contributed by atoms with Crippen molar-refractivity contribution in [2.24, 2.45) is 11.8 Å². The second kappa shape index (κ2) is 42.4. The summed E-state index contributed by atoms with van der Waals surface area (Å²) >= 11 is 19.5. The third kappa shape index (κ3) is 22.8. The molecule has 0 amide bonds. The van der Waals surface area contributed by atoms with Gasteiger partial charge in [0.1, 0.15) is 73.2 Å². The second-order valence-electron chi connectivity index (χ2n) is 24.7. The maximum atomic E-state index is 12.0. The zero-order valence-electron chi connectivity index (χ0n) is 60.6. The molecule has 3 saturated heterocycles. The first kappa shape index (κ1) is 87.7. The van der Waals surface area contributed by atoms with E-state index in [4.69, 9.17) is 102 Å². The predicted molar refractivity (Wildman–Crippen MR) is 396 cm³/mol. The monoisotopic (exact) mass is 1500 g/mol. The fraction of sp³-hybridized carbons (Fsp3) is 0.487. The number of hydrogen-bond acceptors (Lipinski definition) is 21. The molecular weight excluding hydrogens is 1400 g/mol. The van der Waals surface area contributed by atoms with E-state index in [2.05, 4.69) is 11.8 Å². The van der Waals surface area contributed by atoms with E-state index in [9.17, 15) is 34.8 Å². The Bertz CT molecular complexity index is 3690. The minimum atomic E-state index is -1.74. The molecule has 21 nitrogen and oxygen atoms in total. The van der Waals surface area contributed by atoms with Crippen molar-refractivity contribution in [1.29, 1.82) is 0 Å². The first-order valence-electron chi connectivity index (χ1n) is 34.3. The van der Waals surface area contributed by atoms with Crippen molar-refractivity contribution in [3.63, 3.8) is 0 Å². The van der Waals surface area contributed by atoms with Gasteiger partial charge in [0, 0.05) is 80.1 Å². The normalized spacial score (nSPS) is 25.3. The average Bonchev–Trinajstić information content (AvgIpc) is 0.755. The molecule has 15 atom stereocenters. The number of carbonyl (C=O) groups is 3. The number of esters is 3. The zero-order chi connectivity index (χ0) is 75.7. The number of halogens is 3. The van der Waals surface area contributed by atoms with Crippen LogP contribution in [0.25, 0.3) is 0 Å². The van der Waals surface area contributed by atoms with Gasteiger partial charge >= 0.3 is 17.9 Å². The molecule has 0 aliphatic carbocycles. The Kier molecular flexibility index (Phi) is 35.8. The fourth-order valence-electron chi connectivity index (χ4n) is 12.7. The molecule has 24 heteroatoms. The van der Waals surface area contributed by atoms with Crippen LogP contribution in [0, 0.1) is 23.7 Å². The molecule has 0 radical (unpaired) electrons. The van der Waals surface area contributed by atoms with Gasteiger partial charge in [-0.25, -0.2) is 0 Å². The highest BCUT2D eigenvalue weighted by molar-refractivity contribution is 6.32. The minimum Gasteiger partial charge on any atom is -0.494 e. The Labute approximate surface area is 626 Å². The lowest BCUT2D eigenvalue weighted by Gasteiger charge is -2.49. The van der Waals surface area contributed by atoms with Crippen molar-refractivity contribution in [2.75, 3.05) is 54.4 Å². The van der Waals surface area contributed by atoms with Crippen LogP contribution in [0.4, 0.5) is 0 Å². The molecule has 0 saturated carbocycles. The number of hydrogen-bond donors (Lipinski definition) is 6. The number of benzene rings is 6. The first-order valence-corrected chi connectivity index (χ1v) is 35.5. The molecule has 6 N–H and O–H groups in total. The van der Waals surface area contributed by atoms with Crippen molar-refractivity contribution in [3.8, 4) is 29.1 Å². The van der Waals surface area contributed by atoms with E-state index in [1.54, 1.807) is 30.3 Å². The van der Waals surface area contributed by atoms with Crippen LogP contribution in [-0.4, -0.2) is 164 Å². The van der Waals surface area contributed by atoms with Crippen molar-refractivity contribution < 1.29 is 102 Å². The van der Waals surface area contributed by atoms with Crippen molar-refractivity contribution >= 4 is 52.7 Å². The van der Waals surface area contributed by atoms with E-state index in [0.717, 1.165) is 62.6 Å². The molecule has 6 aromatic rings. The van der Waals surface area contributed by atoms with E-state index in [1.165, 1.54) is 42.1 Å². The smallest absolute Gasteiger partial charge is 0.303 e. The molecule has 3 aliphatic rings. The minimum absolute atomic E-state index is 0. The standard InChI is InChI=1S/C27H33ClO6.C26H33ClO6.C22H27ClO7.C4H6O2.CH4/c1-6-24-16(3)25(32-17(4)29)27(33-18(5)30)26(34-24)20-10-13-23(28)21(15-20)14-19-8-11-22(12-9-19)31-7-2;1-6-23-16(3)24(32-17(4)28)25(29)26(30-5,33-23)20-10-13-22(27)19(15-20)14-18-8-11-21(12-9-18)31-7-2;1-4-29-16-8-5-13(6-9-16)11-14-12-15(7-10-17(14)23)22(28-3)20(26)18(24)19(25)21(27-2)30-22;5-3-1-2-4-6;/h8-13,15-16,24-27H,6-7,14H2,1-5H3;8-13,15-16,23-25,29H,6-7,14H2,1-5H3;5-10,12,18-21,24-26H,4,11H2,1-3H3;5-6H,3-4H2;1H4/t16-,24-,25+,26+,27-;16-,23-,24+,25-,26+;18-,19-,20+,21-,22-;;/m110../s1. The van der Waals surface area contributed by atoms with E-state index < -0.39 is 84.6 Å². The van der Waals surface area contributed by atoms with Crippen molar-refractivity contribution in [2.45, 2.75) is 188 Å². The van der Waals surface area contributed by atoms with Gasteiger partial charge in [0.05, 0.1) is 32.0 Å². The number of ether oxygens (including phenoxy) is 12. The molecule has 0 unspecified atom stereocenters. The molecule has 6 aromatic carbocycles. The van der Waals surface area contributed by atoms with Crippen LogP contribution in [0.15, 0.2) is 127 Å². The van der Waals surface area contributed by atoms with Gasteiger partial charge in [-0.1, -0.05) is 142 Å². The van der Waals surface area contributed by atoms with Crippen LogP contribution in [0.2, 0.25) is 15.1 Å². The molecule has 570 valence electrons. The number of aliphatic hydroxyl groups is 6. The summed E-state index contributed by atoms with van der Waals surface area (Å²) in [5.74, 6) is 2.03. The Morgan fingerprint density at radius 2 is 0.856 bits per heavy atom. The van der Waals surface area contributed by atoms with E-state index in [0.29, 0.717) is 71.7 Å². The van der Waals surface area contributed by atoms with Crippen LogP contribution in [0.1, 0.15) is 146 Å². The molecule has 3 aliphatic heterocycles. The molecule has 3 fully saturated rings. The maximum absolute atomic E-state index is 12.0. The van der Waals surface area contributed by atoms with Gasteiger partial charge in [-0.15, -0.1) is 0 Å². The highest BCUT2D eigenvalue weighted by atomic mass is 35.5. The van der Waals surface area contributed by atoms with Crippen LogP contribution < -0.4 is 14.2 Å². The van der Waals surface area contributed by atoms with Crippen LogP contribution >= 0.6 is 34.8 Å². The molecule has 0 spiro atoms. The van der Waals surface area contributed by atoms with Gasteiger partial charge in [-0.3, -0.25) is 14.4 Å². The largest absolute Gasteiger partial charge is 0.494 e. The third-order valence-electron chi connectivity index (χ3n) is 17.8. The van der Waals surface area contributed by atoms with E-state index >= 15 is 0 Å². The SMILES string of the molecule is C.CCOc1ccc(Cc2cc([C@@H]3O[C@H](CC)[C@@H](C)[C@H](OC(C)=O)[C@H]3OC(C)=O)ccc2Cl)cc1.CCOc1ccc(Cc2cc([C@]3(OC)O[C@H](CC)[C@@H](C)[C@H](OC(C)=O)[C@H]3O)ccc2Cl)cc1.CCOc1ccc(Cc2cc([C@]3(OC)O[C@H](OC)[C@@H](O)[C@H](O)[C@H]3O)ccc2Cl)cc1.OCC#CCO. The lowest BCUT2D eigenvalue weighted by molar-refractivity contribution is -0.401. The topological polar surface area (TPSA) is 283 Å². The highest BCUT2D eigenvalue weighted by Gasteiger charge is 2.57. The van der Waals surface area contributed by atoms with Gasteiger partial charge in [0.2, 0.25) is 11.6 Å². The summed E-state index contributed by atoms with van der Waals surface area (Å²) in [7, 11) is 4.16. The Hall–Kier alpha value is -6.92. The van der Waals surface area contributed by atoms with Gasteiger partial charge < -0.3 is 87.5 Å². The summed E-state index contributed by atoms with van der Waals surface area (Å²) in [6.07, 6.45) is -6.98. The summed E-state index contributed by atoms with van der Waals surface area (Å²) in [5, 5.41) is 60.0. The zero-order valence-corrected chi connectivity index (χ0v) is 62.9. The van der Waals surface area contributed by atoms with Crippen molar-refractivity contribution in [1.82, 2.24) is 0 Å². The molecule has 0 bridgehead atoms. The lowest BCUT2D eigenvalue weighted by atomic mass is 9.82. The quantitative estimate of drug-likeness (QED) is 0.0197. The first-order chi connectivity index (χ1) is 49.2. The van der Waals surface area contributed by atoms with Gasteiger partial charge in [-0.2, -0.15) is 0 Å². The fourth-order valence-corrected chi connectivity index (χ4v) is 13.3. The third-order valence-corrected chi connectivity index (χ3v) is 18.9. The predicted octanol–water partition coefficient (Wildman–Crippen LogP) is 12.4. The Morgan fingerprint density at radius 1 is 0.481 bits per heavy atom. The van der Waals surface area contributed by atoms with Crippen LogP contribution in [0.5, 0.6) is 17.2 Å². The maximum Gasteiger partial charge on any atom is 0.303 e. The summed E-state index contributed by atoms with van der Waals surface area (Å²) in [4.78, 5) is 35.6. The molecule has 9 rings (SSSR count). The Balaban J connectivity index is 0.000000268. The summed E-state index contributed by atoms with van der Waals surface area (Å²) in [6.45, 7) is 19.2. The summed E-state index contributed by atoms with van der Waals surface area (Å²) < 4.78 is 68.4. The van der Waals surface area contributed by atoms with Crippen molar-refractivity contribution in [3.05, 3.63) is 193 Å². The van der Waals surface area contributed by atoms with Crippen LogP contribution in [-0.2, 0) is 87.9 Å². The van der Waals surface area contributed by atoms with E-state index in [-0.39, 0.29) is 44.7 Å². The Morgan fingerprint density at radius 3 is 1.23 bits per heavy atom. The second-order valence-corrected chi connectivity index (χ2v) is 26.0. The van der Waals surface area contributed by atoms with E-state index in [1.807, 2.05) is 146 Å². The average molecular weight is 1510 g/mol. The van der Waals surface area contributed by atoms with Gasteiger partial charge in [0.25, 0.3) is 0 Å². The lowest BCUT2D eigenvalue weighted by Crippen LogP contribution is -2.63. The molecule has 104 heavy (non-hydrogen) atoms. The number of carbonyl (C=O) groups excluding carboxylic acids is 3. The molecule has 3 heterocycles. The molecular formula is C80H103Cl3O21. The van der Waals surface area contributed by atoms with Crippen LogP contribution in [0.3, 0.4) is 0 Å². The number of aliphatic hydroxyl groups excluding tert-OH is 6. The number of rotatable bonds is 23. The van der Waals surface area contributed by atoms with Gasteiger partial charge in [0.15, 0.2) is 12.4 Å².